The number of ether oxygens (including phenoxy) is 2. The van der Waals surface area contributed by atoms with Gasteiger partial charge in [-0.05, 0) is 37.8 Å². The molecular formula is C17H19ClF3N5O2. The van der Waals surface area contributed by atoms with E-state index in [-0.39, 0.29) is 35.3 Å². The molecular weight excluding hydrogens is 399 g/mol. The summed E-state index contributed by atoms with van der Waals surface area (Å²) < 4.78 is 53.1. The van der Waals surface area contributed by atoms with Gasteiger partial charge in [-0.25, -0.2) is 13.8 Å². The topological polar surface area (TPSA) is 74.1 Å². The maximum atomic E-state index is 14.0. The van der Waals surface area contributed by atoms with E-state index in [2.05, 4.69) is 20.3 Å². The van der Waals surface area contributed by atoms with Crippen LogP contribution in [-0.4, -0.2) is 57.2 Å². The number of nitrogens with zero attached hydrogens (tertiary/aromatic N) is 4. The molecule has 0 bridgehead atoms. The smallest absolute Gasteiger partial charge is 0.255 e. The van der Waals surface area contributed by atoms with Crippen molar-refractivity contribution >= 4 is 28.6 Å². The Morgan fingerprint density at radius 2 is 2.14 bits per heavy atom. The third-order valence-corrected chi connectivity index (χ3v) is 6.18. The van der Waals surface area contributed by atoms with Crippen LogP contribution < -0.4 is 5.32 Å². The van der Waals surface area contributed by atoms with Crippen LogP contribution in [0.15, 0.2) is 6.33 Å². The quantitative estimate of drug-likeness (QED) is 0.753. The predicted octanol–water partition coefficient (Wildman–Crippen LogP) is 3.21. The van der Waals surface area contributed by atoms with Crippen molar-refractivity contribution in [2.75, 3.05) is 18.5 Å². The lowest BCUT2D eigenvalue weighted by molar-refractivity contribution is -0.161. The van der Waals surface area contributed by atoms with Gasteiger partial charge in [0.2, 0.25) is 5.28 Å². The van der Waals surface area contributed by atoms with Gasteiger partial charge in [-0.2, -0.15) is 9.97 Å². The van der Waals surface area contributed by atoms with E-state index >= 15 is 0 Å². The van der Waals surface area contributed by atoms with Gasteiger partial charge in [-0.15, -0.1) is 0 Å². The molecule has 1 aliphatic heterocycles. The zero-order valence-electron chi connectivity index (χ0n) is 15.2. The summed E-state index contributed by atoms with van der Waals surface area (Å²) in [6.07, 6.45) is -1.01. The fourth-order valence-corrected chi connectivity index (χ4v) is 5.00. The molecule has 0 unspecified atom stereocenters. The van der Waals surface area contributed by atoms with Gasteiger partial charge in [0.1, 0.15) is 6.10 Å². The van der Waals surface area contributed by atoms with Crippen molar-refractivity contribution in [3.63, 3.8) is 0 Å². The number of alkyl halides is 3. The summed E-state index contributed by atoms with van der Waals surface area (Å²) in [5.41, 5.74) is 0.168. The first-order valence-electron chi connectivity index (χ1n) is 9.09. The molecule has 2 aromatic rings. The Bertz CT molecular complexity index is 941. The molecule has 3 fully saturated rings. The van der Waals surface area contributed by atoms with E-state index in [1.807, 2.05) is 13.8 Å². The lowest BCUT2D eigenvalue weighted by Gasteiger charge is -2.24. The van der Waals surface area contributed by atoms with Crippen LogP contribution in [0.4, 0.5) is 19.0 Å². The SMILES string of the molecule is CC1(C)O[C@H]2[C@H](n3cnc4c(NCC(F)F)nc(Cl)nc43)[C@H]3C[C@@]3(CF)[C@H]2O1. The molecule has 152 valence electrons. The molecule has 11 heteroatoms. The summed E-state index contributed by atoms with van der Waals surface area (Å²) in [5, 5.41) is 2.47. The van der Waals surface area contributed by atoms with E-state index in [1.165, 1.54) is 0 Å². The number of nitrogens with one attached hydrogen (secondary N) is 1. The minimum atomic E-state index is -2.55. The van der Waals surface area contributed by atoms with E-state index in [1.54, 1.807) is 10.9 Å². The molecule has 3 heterocycles. The first kappa shape index (κ1) is 18.4. The molecule has 3 aliphatic rings. The number of halogens is 4. The van der Waals surface area contributed by atoms with Crippen molar-refractivity contribution in [3.8, 4) is 0 Å². The van der Waals surface area contributed by atoms with Crippen LogP contribution in [0.1, 0.15) is 26.3 Å². The monoisotopic (exact) mass is 417 g/mol. The lowest BCUT2D eigenvalue weighted by Crippen LogP contribution is -2.32. The maximum Gasteiger partial charge on any atom is 0.255 e. The third-order valence-electron chi connectivity index (χ3n) is 6.01. The van der Waals surface area contributed by atoms with Gasteiger partial charge in [-0.3, -0.25) is 4.39 Å². The highest BCUT2D eigenvalue weighted by molar-refractivity contribution is 6.28. The molecule has 1 saturated heterocycles. The second kappa shape index (κ2) is 5.93. The van der Waals surface area contributed by atoms with Crippen LogP contribution in [0.25, 0.3) is 11.2 Å². The molecule has 1 N–H and O–H groups in total. The predicted molar refractivity (Wildman–Crippen MR) is 94.2 cm³/mol. The number of rotatable bonds is 5. The number of hydrogen-bond donors (Lipinski definition) is 1. The van der Waals surface area contributed by atoms with Gasteiger partial charge in [0, 0.05) is 5.41 Å². The minimum Gasteiger partial charge on any atom is -0.362 e. The average molecular weight is 418 g/mol. The van der Waals surface area contributed by atoms with E-state index < -0.39 is 30.8 Å². The second-order valence-corrected chi connectivity index (χ2v) is 8.46. The first-order chi connectivity index (χ1) is 13.3. The number of fused-ring (bicyclic) bond motifs is 4. The molecule has 0 aromatic carbocycles. The highest BCUT2D eigenvalue weighted by Gasteiger charge is 2.76. The van der Waals surface area contributed by atoms with Crippen molar-refractivity contribution in [2.24, 2.45) is 11.3 Å². The molecule has 0 amide bonds. The Morgan fingerprint density at radius 1 is 1.36 bits per heavy atom. The highest BCUT2D eigenvalue weighted by atomic mass is 35.5. The molecule has 0 spiro atoms. The zero-order valence-corrected chi connectivity index (χ0v) is 16.0. The molecule has 28 heavy (non-hydrogen) atoms. The van der Waals surface area contributed by atoms with Crippen molar-refractivity contribution in [3.05, 3.63) is 11.6 Å². The van der Waals surface area contributed by atoms with E-state index in [0.717, 1.165) is 0 Å². The second-order valence-electron chi connectivity index (χ2n) is 8.13. The Morgan fingerprint density at radius 3 is 2.86 bits per heavy atom. The van der Waals surface area contributed by atoms with Crippen LogP contribution in [0, 0.1) is 11.3 Å². The van der Waals surface area contributed by atoms with Crippen molar-refractivity contribution in [1.82, 2.24) is 19.5 Å². The molecule has 2 aliphatic carbocycles. The van der Waals surface area contributed by atoms with Gasteiger partial charge in [0.25, 0.3) is 6.43 Å². The molecule has 5 rings (SSSR count). The molecule has 2 aromatic heterocycles. The third kappa shape index (κ3) is 2.54. The normalized spacial score (nSPS) is 35.4. The van der Waals surface area contributed by atoms with Crippen molar-refractivity contribution in [2.45, 2.75) is 50.7 Å². The van der Waals surface area contributed by atoms with Gasteiger partial charge in [0.15, 0.2) is 22.8 Å². The van der Waals surface area contributed by atoms with Crippen LogP contribution >= 0.6 is 11.6 Å². The largest absolute Gasteiger partial charge is 0.362 e. The number of anilines is 1. The van der Waals surface area contributed by atoms with Gasteiger partial charge in [0.05, 0.1) is 31.7 Å². The Labute approximate surface area is 163 Å². The Kier molecular flexibility index (Phi) is 3.89. The molecule has 0 radical (unpaired) electrons. The summed E-state index contributed by atoms with van der Waals surface area (Å²) in [5.74, 6) is -0.650. The maximum absolute atomic E-state index is 14.0. The van der Waals surface area contributed by atoms with Crippen LogP contribution in [-0.2, 0) is 9.47 Å². The molecule has 7 nitrogen and oxygen atoms in total. The fourth-order valence-electron chi connectivity index (χ4n) is 4.84. The Hall–Kier alpha value is -1.65. The fraction of sp³-hybridized carbons (Fsp3) is 0.706. The number of hydrogen-bond acceptors (Lipinski definition) is 6. The Balaban J connectivity index is 1.57. The van der Waals surface area contributed by atoms with Crippen molar-refractivity contribution < 1.29 is 22.6 Å². The van der Waals surface area contributed by atoms with Crippen LogP contribution in [0.2, 0.25) is 5.28 Å². The highest BCUT2D eigenvalue weighted by Crippen LogP contribution is 2.71. The van der Waals surface area contributed by atoms with E-state index in [9.17, 15) is 13.2 Å². The first-order valence-corrected chi connectivity index (χ1v) is 9.47. The zero-order chi connectivity index (χ0) is 19.8. The van der Waals surface area contributed by atoms with E-state index in [0.29, 0.717) is 17.6 Å². The summed E-state index contributed by atoms with van der Waals surface area (Å²) in [6, 6.07) is -0.235. The van der Waals surface area contributed by atoms with Crippen LogP contribution in [0.5, 0.6) is 0 Å². The van der Waals surface area contributed by atoms with Gasteiger partial charge in [-0.1, -0.05) is 0 Å². The average Bonchev–Trinajstić information content (AvgIpc) is 2.91. The lowest BCUT2D eigenvalue weighted by atomic mass is 10.0. The summed E-state index contributed by atoms with van der Waals surface area (Å²) >= 11 is 6.03. The van der Waals surface area contributed by atoms with Gasteiger partial charge < -0.3 is 19.4 Å². The summed E-state index contributed by atoms with van der Waals surface area (Å²) in [6.45, 7) is 2.55. The number of imidazole rings is 1. The van der Waals surface area contributed by atoms with Crippen LogP contribution in [0.3, 0.4) is 0 Å². The number of aromatic nitrogens is 4. The van der Waals surface area contributed by atoms with E-state index in [4.69, 9.17) is 21.1 Å². The molecule has 2 saturated carbocycles. The summed E-state index contributed by atoms with van der Waals surface area (Å²) in [4.78, 5) is 12.6. The molecule has 5 atom stereocenters. The summed E-state index contributed by atoms with van der Waals surface area (Å²) in [7, 11) is 0. The minimum absolute atomic E-state index is 0.0206. The standard InChI is InChI=1S/C17H19ClF3N5O2/c1-16(2)27-11-10(7-3-17(7,5-19)12(11)28-16)26-6-23-9-13(22-4-8(20)21)24-15(18)25-14(9)26/h6-8,10-12H,3-5H2,1-2H3,(H,22,24,25)/t7-,10-,11+,12+,17+/m1/s1. The van der Waals surface area contributed by atoms with Gasteiger partial charge >= 0.3 is 0 Å². The van der Waals surface area contributed by atoms with Crippen molar-refractivity contribution in [1.29, 1.82) is 0 Å².